The van der Waals surface area contributed by atoms with Crippen molar-refractivity contribution >= 4 is 22.9 Å². The molecule has 2 aliphatic rings. The molecule has 0 spiro atoms. The van der Waals surface area contributed by atoms with E-state index < -0.39 is 5.54 Å². The fraction of sp³-hybridized carbons (Fsp3) is 0.476. The van der Waals surface area contributed by atoms with Crippen molar-refractivity contribution in [3.05, 3.63) is 41.1 Å². The average molecular weight is 367 g/mol. The molecule has 1 aromatic carbocycles. The second kappa shape index (κ2) is 6.51. The molecule has 2 saturated heterocycles. The number of aromatic nitrogens is 1. The van der Waals surface area contributed by atoms with Gasteiger partial charge in [0.15, 0.2) is 0 Å². The van der Waals surface area contributed by atoms with Gasteiger partial charge in [-0.1, -0.05) is 19.9 Å². The van der Waals surface area contributed by atoms with Crippen LogP contribution in [0.4, 0.5) is 4.79 Å². The van der Waals surface area contributed by atoms with Gasteiger partial charge in [0.25, 0.3) is 5.91 Å². The minimum atomic E-state index is -0.405. The number of hydrogen-bond donors (Lipinski definition) is 0. The first-order valence-corrected chi connectivity index (χ1v) is 9.61. The second-order valence-electron chi connectivity index (χ2n) is 7.53. The molecule has 2 aromatic rings. The number of aryl methyl sites for hydroxylation is 2. The number of pyridine rings is 1. The van der Waals surface area contributed by atoms with E-state index in [4.69, 9.17) is 4.74 Å². The predicted molar refractivity (Wildman–Crippen MR) is 103 cm³/mol. The monoisotopic (exact) mass is 367 g/mol. The number of carbonyl (C=O) groups excluding carboxylic acids is 2. The highest BCUT2D eigenvalue weighted by Gasteiger charge is 2.50. The van der Waals surface area contributed by atoms with Crippen LogP contribution in [-0.2, 0) is 11.2 Å². The first-order valence-electron chi connectivity index (χ1n) is 9.61. The molecule has 0 bridgehead atoms. The summed E-state index contributed by atoms with van der Waals surface area (Å²) in [6, 6.07) is 8.01. The number of rotatable bonds is 3. The highest BCUT2D eigenvalue weighted by atomic mass is 16.6. The smallest absolute Gasteiger partial charge is 0.410 e. The summed E-state index contributed by atoms with van der Waals surface area (Å²) in [6.07, 6.45) is 1.41. The number of hydrogen-bond acceptors (Lipinski definition) is 4. The molecule has 2 aliphatic heterocycles. The van der Waals surface area contributed by atoms with Crippen LogP contribution in [0.15, 0.2) is 24.3 Å². The topological polar surface area (TPSA) is 62.7 Å². The van der Waals surface area contributed by atoms with Crippen LogP contribution in [-0.4, -0.2) is 58.6 Å². The van der Waals surface area contributed by atoms with Crippen LogP contribution >= 0.6 is 0 Å². The molecule has 0 N–H and O–H groups in total. The van der Waals surface area contributed by atoms with Crippen molar-refractivity contribution in [1.29, 1.82) is 0 Å². The van der Waals surface area contributed by atoms with Gasteiger partial charge in [-0.05, 0) is 43.5 Å². The Morgan fingerprint density at radius 3 is 2.81 bits per heavy atom. The molecule has 6 nitrogen and oxygen atoms in total. The molecule has 1 unspecified atom stereocenters. The van der Waals surface area contributed by atoms with E-state index in [1.807, 2.05) is 30.9 Å². The maximum absolute atomic E-state index is 13.4. The standard InChI is InChI=1S/C21H25N3O3/c1-4-15-6-7-18-16(11-15)17(10-14(3)22-18)19(25)23-8-9-24-20(26)27-13-21(24,5-2)12-23/h6-7,10-11H,4-5,8-9,12-13H2,1-3H3. The number of benzene rings is 1. The molecule has 142 valence electrons. The Morgan fingerprint density at radius 1 is 1.26 bits per heavy atom. The maximum atomic E-state index is 13.4. The van der Waals surface area contributed by atoms with Gasteiger partial charge in [0, 0.05) is 30.7 Å². The van der Waals surface area contributed by atoms with Crippen LogP contribution in [0.5, 0.6) is 0 Å². The lowest BCUT2D eigenvalue weighted by molar-refractivity contribution is 0.0363. The highest BCUT2D eigenvalue weighted by Crippen LogP contribution is 2.33. The molecular weight excluding hydrogens is 342 g/mol. The lowest BCUT2D eigenvalue weighted by Crippen LogP contribution is -2.62. The zero-order valence-electron chi connectivity index (χ0n) is 16.1. The third kappa shape index (κ3) is 2.83. The van der Waals surface area contributed by atoms with E-state index in [9.17, 15) is 9.59 Å². The Hall–Kier alpha value is -2.63. The van der Waals surface area contributed by atoms with Crippen LogP contribution in [0.1, 0.15) is 41.9 Å². The van der Waals surface area contributed by atoms with Crippen LogP contribution < -0.4 is 0 Å². The van der Waals surface area contributed by atoms with E-state index in [1.165, 1.54) is 5.56 Å². The minimum absolute atomic E-state index is 0.00516. The number of cyclic esters (lactones) is 1. The molecule has 2 amide bonds. The summed E-state index contributed by atoms with van der Waals surface area (Å²) in [5, 5.41) is 0.900. The zero-order valence-corrected chi connectivity index (χ0v) is 16.1. The van der Waals surface area contributed by atoms with Gasteiger partial charge in [-0.2, -0.15) is 0 Å². The molecule has 2 fully saturated rings. The summed E-state index contributed by atoms with van der Waals surface area (Å²) in [5.41, 5.74) is 3.15. The molecule has 1 atom stereocenters. The van der Waals surface area contributed by atoms with Gasteiger partial charge in [0.1, 0.15) is 6.61 Å². The van der Waals surface area contributed by atoms with E-state index in [1.54, 1.807) is 4.90 Å². The third-order valence-electron chi connectivity index (χ3n) is 5.92. The van der Waals surface area contributed by atoms with Crippen molar-refractivity contribution in [2.75, 3.05) is 26.2 Å². The van der Waals surface area contributed by atoms with E-state index in [-0.39, 0.29) is 12.0 Å². The molecule has 0 radical (unpaired) electrons. The summed E-state index contributed by atoms with van der Waals surface area (Å²) in [5.74, 6) is 0.00516. The van der Waals surface area contributed by atoms with Crippen molar-refractivity contribution in [3.63, 3.8) is 0 Å². The number of nitrogens with zero attached hydrogens (tertiary/aromatic N) is 3. The fourth-order valence-corrected chi connectivity index (χ4v) is 4.21. The van der Waals surface area contributed by atoms with Crippen LogP contribution in [0, 0.1) is 6.92 Å². The van der Waals surface area contributed by atoms with Crippen molar-refractivity contribution < 1.29 is 14.3 Å². The van der Waals surface area contributed by atoms with E-state index in [0.717, 1.165) is 29.4 Å². The summed E-state index contributed by atoms with van der Waals surface area (Å²) < 4.78 is 5.29. The first-order chi connectivity index (χ1) is 13.0. The lowest BCUT2D eigenvalue weighted by Gasteiger charge is -2.44. The lowest BCUT2D eigenvalue weighted by atomic mass is 9.92. The van der Waals surface area contributed by atoms with Gasteiger partial charge in [0.2, 0.25) is 0 Å². The number of amides is 2. The Labute approximate surface area is 159 Å². The van der Waals surface area contributed by atoms with Gasteiger partial charge < -0.3 is 9.64 Å². The maximum Gasteiger partial charge on any atom is 0.410 e. The number of carbonyl (C=O) groups is 2. The number of fused-ring (bicyclic) bond motifs is 2. The summed E-state index contributed by atoms with van der Waals surface area (Å²) in [6.45, 7) is 7.95. The Morgan fingerprint density at radius 2 is 2.07 bits per heavy atom. The second-order valence-corrected chi connectivity index (χ2v) is 7.53. The highest BCUT2D eigenvalue weighted by molar-refractivity contribution is 6.06. The van der Waals surface area contributed by atoms with Crippen molar-refractivity contribution in [2.45, 2.75) is 39.2 Å². The summed E-state index contributed by atoms with van der Waals surface area (Å²) >= 11 is 0. The zero-order chi connectivity index (χ0) is 19.2. The average Bonchev–Trinajstić information content (AvgIpc) is 3.03. The van der Waals surface area contributed by atoms with E-state index >= 15 is 0 Å². The van der Waals surface area contributed by atoms with E-state index in [0.29, 0.717) is 31.8 Å². The van der Waals surface area contributed by atoms with E-state index in [2.05, 4.69) is 24.0 Å². The van der Waals surface area contributed by atoms with Crippen LogP contribution in [0.3, 0.4) is 0 Å². The van der Waals surface area contributed by atoms with Crippen LogP contribution in [0.25, 0.3) is 10.9 Å². The molecule has 6 heteroatoms. The van der Waals surface area contributed by atoms with Crippen molar-refractivity contribution in [1.82, 2.24) is 14.8 Å². The van der Waals surface area contributed by atoms with Crippen LogP contribution in [0.2, 0.25) is 0 Å². The van der Waals surface area contributed by atoms with Crippen molar-refractivity contribution in [2.24, 2.45) is 0 Å². The number of piperazine rings is 1. The summed E-state index contributed by atoms with van der Waals surface area (Å²) in [4.78, 5) is 33.7. The SMILES string of the molecule is CCc1ccc2nc(C)cc(C(=O)N3CCN4C(=O)OCC4(CC)C3)c2c1. The Bertz CT molecular complexity index is 926. The predicted octanol–water partition coefficient (Wildman–Crippen LogP) is 3.16. The molecule has 0 saturated carbocycles. The quantitative estimate of drug-likeness (QED) is 0.836. The van der Waals surface area contributed by atoms with Gasteiger partial charge in [-0.3, -0.25) is 14.7 Å². The van der Waals surface area contributed by atoms with Gasteiger partial charge in [-0.25, -0.2) is 4.79 Å². The summed E-state index contributed by atoms with van der Waals surface area (Å²) in [7, 11) is 0. The normalized spacial score (nSPS) is 22.1. The molecule has 4 rings (SSSR count). The fourth-order valence-electron chi connectivity index (χ4n) is 4.21. The molecule has 3 heterocycles. The molecule has 1 aromatic heterocycles. The van der Waals surface area contributed by atoms with Gasteiger partial charge in [-0.15, -0.1) is 0 Å². The number of ether oxygens (including phenoxy) is 1. The Balaban J connectivity index is 1.72. The van der Waals surface area contributed by atoms with Crippen molar-refractivity contribution in [3.8, 4) is 0 Å². The largest absolute Gasteiger partial charge is 0.447 e. The molecule has 27 heavy (non-hydrogen) atoms. The molecule has 0 aliphatic carbocycles. The third-order valence-corrected chi connectivity index (χ3v) is 5.92. The minimum Gasteiger partial charge on any atom is -0.447 e. The Kier molecular flexibility index (Phi) is 4.29. The van der Waals surface area contributed by atoms with Gasteiger partial charge >= 0.3 is 6.09 Å². The first kappa shape index (κ1) is 17.8. The molecular formula is C21H25N3O3. The van der Waals surface area contributed by atoms with Gasteiger partial charge in [0.05, 0.1) is 16.6 Å².